The predicted octanol–water partition coefficient (Wildman–Crippen LogP) is 2.57. The molecule has 3 rings (SSSR count). The molecule has 0 bridgehead atoms. The molecular weight excluding hydrogens is 388 g/mol. The highest BCUT2D eigenvalue weighted by Gasteiger charge is 2.29. The summed E-state index contributed by atoms with van der Waals surface area (Å²) in [6.45, 7) is 1.96. The van der Waals surface area contributed by atoms with Crippen molar-refractivity contribution in [1.82, 2.24) is 10.0 Å². The van der Waals surface area contributed by atoms with Crippen molar-refractivity contribution in [3.8, 4) is 0 Å². The molecule has 0 aromatic heterocycles. The maximum absolute atomic E-state index is 12.6. The Kier molecular flexibility index (Phi) is 6.44. The van der Waals surface area contributed by atoms with Crippen LogP contribution in [0.4, 0.5) is 11.4 Å². The number of sulfonamides is 1. The first kappa shape index (κ1) is 21.1. The lowest BCUT2D eigenvalue weighted by Crippen LogP contribution is -2.41. The van der Waals surface area contributed by atoms with E-state index in [9.17, 15) is 13.2 Å². The van der Waals surface area contributed by atoms with E-state index >= 15 is 0 Å². The molecule has 2 aromatic carbocycles. The van der Waals surface area contributed by atoms with Crippen LogP contribution in [-0.4, -0.2) is 20.4 Å². The second-order valence-corrected chi connectivity index (χ2v) is 9.32. The first-order valence-electron chi connectivity index (χ1n) is 9.79. The van der Waals surface area contributed by atoms with Crippen molar-refractivity contribution in [3.05, 3.63) is 54.1 Å². The fourth-order valence-electron chi connectivity index (χ4n) is 3.64. The minimum absolute atomic E-state index is 0.0222. The number of benzene rings is 2. The third-order valence-corrected chi connectivity index (χ3v) is 6.96. The van der Waals surface area contributed by atoms with Crippen LogP contribution in [-0.2, 0) is 14.8 Å². The fraction of sp³-hybridized carbons (Fsp3) is 0.381. The molecule has 0 spiro atoms. The van der Waals surface area contributed by atoms with E-state index < -0.39 is 10.0 Å². The summed E-state index contributed by atoms with van der Waals surface area (Å²) in [5, 5.41) is 3.06. The molecule has 1 aliphatic rings. The molecule has 0 radical (unpaired) electrons. The van der Waals surface area contributed by atoms with Gasteiger partial charge in [0.05, 0.1) is 22.3 Å². The summed E-state index contributed by atoms with van der Waals surface area (Å²) in [5.74, 6) is -0.0805. The van der Waals surface area contributed by atoms with Gasteiger partial charge in [-0.3, -0.25) is 4.79 Å². The van der Waals surface area contributed by atoms with Crippen molar-refractivity contribution >= 4 is 27.3 Å². The summed E-state index contributed by atoms with van der Waals surface area (Å²) in [6, 6.07) is 13.8. The first-order chi connectivity index (χ1) is 13.8. The zero-order valence-electron chi connectivity index (χ0n) is 16.5. The number of hydrogen-bond donors (Lipinski definition) is 4. The number of carbonyl (C=O) groups excluding carboxylic acids is 1. The Hall–Kier alpha value is -2.58. The van der Waals surface area contributed by atoms with Crippen molar-refractivity contribution < 1.29 is 13.2 Å². The molecule has 156 valence electrons. The van der Waals surface area contributed by atoms with Gasteiger partial charge in [0, 0.05) is 12.0 Å². The molecule has 7 nitrogen and oxygen atoms in total. The van der Waals surface area contributed by atoms with Crippen LogP contribution in [0.3, 0.4) is 0 Å². The smallest absolute Gasteiger partial charge is 0.240 e. The van der Waals surface area contributed by atoms with E-state index in [1.807, 2.05) is 37.3 Å². The first-order valence-corrected chi connectivity index (χ1v) is 11.3. The summed E-state index contributed by atoms with van der Waals surface area (Å²) < 4.78 is 27.9. The number of rotatable bonds is 6. The second kappa shape index (κ2) is 8.84. The Morgan fingerprint density at radius 2 is 1.66 bits per heavy atom. The standard InChI is InChI=1S/C21H28N4O3S/c1-14(15-5-3-2-4-6-15)24-21(26)16-7-9-17(10-8-16)25-29(27,28)18-11-12-19(22)20(23)13-18/h2-6,11-14,16-17,25H,7-10,22-23H2,1H3,(H,24,26). The van der Waals surface area contributed by atoms with Crippen LogP contribution in [0.5, 0.6) is 0 Å². The second-order valence-electron chi connectivity index (χ2n) is 7.60. The maximum atomic E-state index is 12.6. The van der Waals surface area contributed by atoms with Crippen LogP contribution in [0.15, 0.2) is 53.4 Å². The molecule has 1 aliphatic carbocycles. The van der Waals surface area contributed by atoms with E-state index in [0.29, 0.717) is 31.4 Å². The molecule has 1 fully saturated rings. The number of hydrogen-bond acceptors (Lipinski definition) is 5. The largest absolute Gasteiger partial charge is 0.397 e. The molecular formula is C21H28N4O3S. The van der Waals surface area contributed by atoms with E-state index in [4.69, 9.17) is 11.5 Å². The molecule has 0 saturated heterocycles. The topological polar surface area (TPSA) is 127 Å². The Bertz CT molecular complexity index is 955. The van der Waals surface area contributed by atoms with Crippen LogP contribution >= 0.6 is 0 Å². The van der Waals surface area contributed by atoms with Gasteiger partial charge in [-0.2, -0.15) is 0 Å². The maximum Gasteiger partial charge on any atom is 0.240 e. The van der Waals surface area contributed by atoms with E-state index in [1.165, 1.54) is 18.2 Å². The van der Waals surface area contributed by atoms with Crippen LogP contribution in [0.25, 0.3) is 0 Å². The molecule has 0 aliphatic heterocycles. The SMILES string of the molecule is CC(NC(=O)C1CCC(NS(=O)(=O)c2ccc(N)c(N)c2)CC1)c1ccccc1. The van der Waals surface area contributed by atoms with Crippen LogP contribution in [0.2, 0.25) is 0 Å². The Morgan fingerprint density at radius 3 is 2.28 bits per heavy atom. The number of nitrogens with two attached hydrogens (primary N) is 2. The third kappa shape index (κ3) is 5.27. The van der Waals surface area contributed by atoms with Crippen molar-refractivity contribution in [1.29, 1.82) is 0 Å². The minimum atomic E-state index is -3.68. The van der Waals surface area contributed by atoms with Gasteiger partial charge >= 0.3 is 0 Å². The molecule has 6 N–H and O–H groups in total. The quantitative estimate of drug-likeness (QED) is 0.538. The van der Waals surface area contributed by atoms with Gasteiger partial charge in [-0.05, 0) is 56.4 Å². The summed E-state index contributed by atoms with van der Waals surface area (Å²) in [4.78, 5) is 12.7. The van der Waals surface area contributed by atoms with Gasteiger partial charge in [0.1, 0.15) is 0 Å². The Balaban J connectivity index is 1.53. The van der Waals surface area contributed by atoms with Gasteiger partial charge in [-0.1, -0.05) is 30.3 Å². The van der Waals surface area contributed by atoms with Gasteiger partial charge in [0.25, 0.3) is 0 Å². The average Bonchev–Trinajstić information content (AvgIpc) is 2.70. The molecule has 1 atom stereocenters. The molecule has 1 amide bonds. The van der Waals surface area contributed by atoms with E-state index in [2.05, 4.69) is 10.0 Å². The summed E-state index contributed by atoms with van der Waals surface area (Å²) in [5.41, 5.74) is 13.0. The van der Waals surface area contributed by atoms with Crippen molar-refractivity contribution in [2.75, 3.05) is 11.5 Å². The molecule has 0 heterocycles. The van der Waals surface area contributed by atoms with Gasteiger partial charge in [-0.15, -0.1) is 0 Å². The number of anilines is 2. The van der Waals surface area contributed by atoms with E-state index in [1.54, 1.807) is 0 Å². The van der Waals surface area contributed by atoms with Crippen LogP contribution in [0, 0.1) is 5.92 Å². The van der Waals surface area contributed by atoms with Crippen molar-refractivity contribution in [2.45, 2.75) is 49.6 Å². The van der Waals surface area contributed by atoms with Crippen LogP contribution < -0.4 is 21.5 Å². The number of carbonyl (C=O) groups is 1. The monoisotopic (exact) mass is 416 g/mol. The fourth-order valence-corrected chi connectivity index (χ4v) is 4.98. The molecule has 1 saturated carbocycles. The minimum Gasteiger partial charge on any atom is -0.397 e. The summed E-state index contributed by atoms with van der Waals surface area (Å²) >= 11 is 0. The summed E-state index contributed by atoms with van der Waals surface area (Å²) in [7, 11) is -3.68. The molecule has 1 unspecified atom stereocenters. The lowest BCUT2D eigenvalue weighted by atomic mass is 9.85. The van der Waals surface area contributed by atoms with Gasteiger partial charge in [0.2, 0.25) is 15.9 Å². The lowest BCUT2D eigenvalue weighted by molar-refractivity contribution is -0.126. The highest BCUT2D eigenvalue weighted by Crippen LogP contribution is 2.27. The molecule has 2 aromatic rings. The van der Waals surface area contributed by atoms with Gasteiger partial charge < -0.3 is 16.8 Å². The van der Waals surface area contributed by atoms with E-state index in [-0.39, 0.29) is 34.5 Å². The zero-order chi connectivity index (χ0) is 21.0. The van der Waals surface area contributed by atoms with Crippen molar-refractivity contribution in [3.63, 3.8) is 0 Å². The van der Waals surface area contributed by atoms with Crippen molar-refractivity contribution in [2.24, 2.45) is 5.92 Å². The summed E-state index contributed by atoms with van der Waals surface area (Å²) in [6.07, 6.45) is 2.51. The highest BCUT2D eigenvalue weighted by atomic mass is 32.2. The normalized spacial score (nSPS) is 20.7. The molecule has 8 heteroatoms. The van der Waals surface area contributed by atoms with Gasteiger partial charge in [-0.25, -0.2) is 13.1 Å². The van der Waals surface area contributed by atoms with E-state index in [0.717, 1.165) is 5.56 Å². The Labute approximate surface area is 171 Å². The lowest BCUT2D eigenvalue weighted by Gasteiger charge is -2.29. The number of nitrogen functional groups attached to an aromatic ring is 2. The molecule has 29 heavy (non-hydrogen) atoms. The predicted molar refractivity (Wildman–Crippen MR) is 114 cm³/mol. The van der Waals surface area contributed by atoms with Crippen LogP contribution in [0.1, 0.15) is 44.2 Å². The average molecular weight is 417 g/mol. The number of nitrogens with one attached hydrogen (secondary N) is 2. The highest BCUT2D eigenvalue weighted by molar-refractivity contribution is 7.89. The zero-order valence-corrected chi connectivity index (χ0v) is 17.3. The third-order valence-electron chi connectivity index (χ3n) is 5.45. The number of amides is 1. The van der Waals surface area contributed by atoms with Gasteiger partial charge in [0.15, 0.2) is 0 Å². The Morgan fingerprint density at radius 1 is 1.00 bits per heavy atom.